The van der Waals surface area contributed by atoms with E-state index < -0.39 is 0 Å². The Labute approximate surface area is 96.3 Å². The summed E-state index contributed by atoms with van der Waals surface area (Å²) in [6, 6.07) is 10.2. The van der Waals surface area contributed by atoms with Gasteiger partial charge in [-0.25, -0.2) is 0 Å². The standard InChI is InChI=1S/C13H17NO2/c1-3-15-11(2)13-14(9-10-16-13)12-7-5-4-6-8-12/h4-8,13H,2-3,9-10H2,1H3. The molecule has 1 atom stereocenters. The predicted molar refractivity (Wildman–Crippen MR) is 64.3 cm³/mol. The zero-order valence-electron chi connectivity index (χ0n) is 9.56. The third-order valence-electron chi connectivity index (χ3n) is 2.58. The second-order valence-electron chi connectivity index (χ2n) is 3.65. The Kier molecular flexibility index (Phi) is 3.47. The Balaban J connectivity index is 2.12. The van der Waals surface area contributed by atoms with Gasteiger partial charge < -0.3 is 14.4 Å². The van der Waals surface area contributed by atoms with Gasteiger partial charge in [0, 0.05) is 12.2 Å². The van der Waals surface area contributed by atoms with Crippen LogP contribution >= 0.6 is 0 Å². The molecule has 86 valence electrons. The van der Waals surface area contributed by atoms with Crippen molar-refractivity contribution in [2.24, 2.45) is 0 Å². The summed E-state index contributed by atoms with van der Waals surface area (Å²) in [5, 5.41) is 0. The Morgan fingerprint density at radius 3 is 2.94 bits per heavy atom. The highest BCUT2D eigenvalue weighted by Crippen LogP contribution is 2.25. The van der Waals surface area contributed by atoms with Gasteiger partial charge >= 0.3 is 0 Å². The minimum Gasteiger partial charge on any atom is -0.494 e. The van der Waals surface area contributed by atoms with Crippen LogP contribution in [0, 0.1) is 0 Å². The van der Waals surface area contributed by atoms with Gasteiger partial charge in [0.15, 0.2) is 6.23 Å². The van der Waals surface area contributed by atoms with Crippen molar-refractivity contribution >= 4 is 5.69 Å². The summed E-state index contributed by atoms with van der Waals surface area (Å²) < 4.78 is 11.1. The number of hydrogen-bond donors (Lipinski definition) is 0. The molecule has 1 heterocycles. The van der Waals surface area contributed by atoms with Crippen LogP contribution in [0.15, 0.2) is 42.7 Å². The second-order valence-corrected chi connectivity index (χ2v) is 3.65. The van der Waals surface area contributed by atoms with Gasteiger partial charge in [-0.3, -0.25) is 0 Å². The first-order valence-electron chi connectivity index (χ1n) is 5.58. The normalized spacial score (nSPS) is 19.8. The highest BCUT2D eigenvalue weighted by Gasteiger charge is 2.28. The Bertz CT molecular complexity index is 350. The number of anilines is 1. The van der Waals surface area contributed by atoms with Gasteiger partial charge in [-0.2, -0.15) is 0 Å². The van der Waals surface area contributed by atoms with Crippen LogP contribution in [0.5, 0.6) is 0 Å². The van der Waals surface area contributed by atoms with Gasteiger partial charge in [-0.05, 0) is 19.1 Å². The van der Waals surface area contributed by atoms with Gasteiger partial charge in [0.1, 0.15) is 5.76 Å². The molecule has 1 unspecified atom stereocenters. The van der Waals surface area contributed by atoms with Gasteiger partial charge in [0.05, 0.1) is 13.2 Å². The van der Waals surface area contributed by atoms with Gasteiger partial charge in [0.25, 0.3) is 0 Å². The molecule has 2 rings (SSSR count). The zero-order valence-corrected chi connectivity index (χ0v) is 9.56. The molecule has 1 aromatic carbocycles. The van der Waals surface area contributed by atoms with E-state index in [2.05, 4.69) is 23.6 Å². The van der Waals surface area contributed by atoms with Gasteiger partial charge in [0.2, 0.25) is 0 Å². The number of rotatable bonds is 4. The van der Waals surface area contributed by atoms with E-state index in [1.54, 1.807) is 0 Å². The molecule has 1 aromatic rings. The average molecular weight is 219 g/mol. The average Bonchev–Trinajstić information content (AvgIpc) is 2.79. The fourth-order valence-corrected chi connectivity index (χ4v) is 1.88. The lowest BCUT2D eigenvalue weighted by Gasteiger charge is -2.26. The predicted octanol–water partition coefficient (Wildman–Crippen LogP) is 2.40. The van der Waals surface area contributed by atoms with Crippen molar-refractivity contribution in [1.29, 1.82) is 0 Å². The highest BCUT2D eigenvalue weighted by atomic mass is 16.6. The number of benzene rings is 1. The Morgan fingerprint density at radius 1 is 1.50 bits per heavy atom. The first kappa shape index (κ1) is 11.0. The van der Waals surface area contributed by atoms with Crippen molar-refractivity contribution in [3.63, 3.8) is 0 Å². The van der Waals surface area contributed by atoms with E-state index >= 15 is 0 Å². The fourth-order valence-electron chi connectivity index (χ4n) is 1.88. The lowest BCUT2D eigenvalue weighted by atomic mass is 10.3. The van der Waals surface area contributed by atoms with Gasteiger partial charge in [-0.15, -0.1) is 0 Å². The summed E-state index contributed by atoms with van der Waals surface area (Å²) in [6.07, 6.45) is -0.151. The molecule has 1 saturated heterocycles. The molecule has 0 bridgehead atoms. The van der Waals surface area contributed by atoms with Crippen molar-refractivity contribution in [3.05, 3.63) is 42.7 Å². The van der Waals surface area contributed by atoms with Crippen LogP contribution in [0.3, 0.4) is 0 Å². The molecule has 3 nitrogen and oxygen atoms in total. The summed E-state index contributed by atoms with van der Waals surface area (Å²) >= 11 is 0. The highest BCUT2D eigenvalue weighted by molar-refractivity contribution is 5.48. The molecule has 0 radical (unpaired) electrons. The summed E-state index contributed by atoms with van der Waals surface area (Å²) in [6.45, 7) is 8.08. The Hall–Kier alpha value is -1.48. The number of hydrogen-bond acceptors (Lipinski definition) is 3. The van der Waals surface area contributed by atoms with Crippen LogP contribution in [-0.4, -0.2) is 26.0 Å². The number of nitrogens with zero attached hydrogens (tertiary/aromatic N) is 1. The smallest absolute Gasteiger partial charge is 0.188 e. The van der Waals surface area contributed by atoms with Crippen LogP contribution in [-0.2, 0) is 9.47 Å². The molecule has 0 spiro atoms. The minimum absolute atomic E-state index is 0.151. The molecule has 0 amide bonds. The van der Waals surface area contributed by atoms with Crippen molar-refractivity contribution < 1.29 is 9.47 Å². The molecule has 0 N–H and O–H groups in total. The Morgan fingerprint density at radius 2 is 2.25 bits per heavy atom. The molecular weight excluding hydrogens is 202 g/mol. The first-order valence-corrected chi connectivity index (χ1v) is 5.58. The van der Waals surface area contributed by atoms with E-state index in [0.717, 1.165) is 12.2 Å². The minimum atomic E-state index is -0.151. The second kappa shape index (κ2) is 5.03. The monoisotopic (exact) mass is 219 g/mol. The van der Waals surface area contributed by atoms with E-state index in [1.807, 2.05) is 25.1 Å². The van der Waals surface area contributed by atoms with Crippen LogP contribution in [0.25, 0.3) is 0 Å². The quantitative estimate of drug-likeness (QED) is 0.726. The van der Waals surface area contributed by atoms with Crippen LogP contribution < -0.4 is 4.90 Å². The molecule has 16 heavy (non-hydrogen) atoms. The molecule has 1 fully saturated rings. The summed E-state index contributed by atoms with van der Waals surface area (Å²) in [5.41, 5.74) is 1.14. The molecule has 0 aromatic heterocycles. The SMILES string of the molecule is C=C(OCC)C1OCCN1c1ccccc1. The van der Waals surface area contributed by atoms with Crippen molar-refractivity contribution in [3.8, 4) is 0 Å². The van der Waals surface area contributed by atoms with E-state index in [4.69, 9.17) is 9.47 Å². The fraction of sp³-hybridized carbons (Fsp3) is 0.385. The number of ether oxygens (including phenoxy) is 2. The van der Waals surface area contributed by atoms with E-state index in [1.165, 1.54) is 0 Å². The largest absolute Gasteiger partial charge is 0.494 e. The summed E-state index contributed by atoms with van der Waals surface area (Å²) in [7, 11) is 0. The lowest BCUT2D eigenvalue weighted by molar-refractivity contribution is 0.0769. The third kappa shape index (κ3) is 2.19. The van der Waals surface area contributed by atoms with Crippen molar-refractivity contribution in [1.82, 2.24) is 0 Å². The molecule has 0 aliphatic carbocycles. The van der Waals surface area contributed by atoms with Gasteiger partial charge in [-0.1, -0.05) is 24.8 Å². The van der Waals surface area contributed by atoms with E-state index in [-0.39, 0.29) is 6.23 Å². The molecular formula is C13H17NO2. The first-order chi connectivity index (χ1) is 7.83. The van der Waals surface area contributed by atoms with Crippen molar-refractivity contribution in [2.45, 2.75) is 13.2 Å². The maximum Gasteiger partial charge on any atom is 0.188 e. The number of para-hydroxylation sites is 1. The molecule has 1 aliphatic heterocycles. The van der Waals surface area contributed by atoms with Crippen LogP contribution in [0.2, 0.25) is 0 Å². The summed E-state index contributed by atoms with van der Waals surface area (Å²) in [4.78, 5) is 2.16. The van der Waals surface area contributed by atoms with Crippen LogP contribution in [0.4, 0.5) is 5.69 Å². The van der Waals surface area contributed by atoms with Crippen molar-refractivity contribution in [2.75, 3.05) is 24.7 Å². The zero-order chi connectivity index (χ0) is 11.4. The lowest BCUT2D eigenvalue weighted by Crippen LogP contribution is -2.32. The molecule has 1 aliphatic rings. The van der Waals surface area contributed by atoms with E-state index in [9.17, 15) is 0 Å². The molecule has 0 saturated carbocycles. The topological polar surface area (TPSA) is 21.7 Å². The maximum absolute atomic E-state index is 5.64. The summed E-state index contributed by atoms with van der Waals surface area (Å²) in [5.74, 6) is 0.684. The molecule has 3 heteroatoms. The van der Waals surface area contributed by atoms with Crippen LogP contribution in [0.1, 0.15) is 6.92 Å². The maximum atomic E-state index is 5.64. The third-order valence-corrected chi connectivity index (χ3v) is 2.58. The van der Waals surface area contributed by atoms with E-state index in [0.29, 0.717) is 19.0 Å².